The van der Waals surface area contributed by atoms with Crippen molar-refractivity contribution in [3.63, 3.8) is 0 Å². The topological polar surface area (TPSA) is 173 Å². The predicted octanol–water partition coefficient (Wildman–Crippen LogP) is 3.29. The lowest BCUT2D eigenvalue weighted by Crippen LogP contribution is -2.14. The molecule has 0 fully saturated rings. The highest BCUT2D eigenvalue weighted by Gasteiger charge is 2.16. The SMILES string of the molecule is CC(C)(C)c1cccc(CN=CC(=NN)c2cc(-c3cccc(C#N)c3Cl)nc(N)n2)n1.O=C=O. The number of rotatable bonds is 5. The van der Waals surface area contributed by atoms with Crippen molar-refractivity contribution in [3.05, 3.63) is 70.1 Å². The maximum absolute atomic E-state index is 9.23. The lowest BCUT2D eigenvalue weighted by Gasteiger charge is -2.17. The zero-order chi connectivity index (χ0) is 26.0. The van der Waals surface area contributed by atoms with Gasteiger partial charge in [-0.15, -0.1) is 0 Å². The molecule has 0 bridgehead atoms. The molecule has 10 nitrogen and oxygen atoms in total. The molecule has 0 saturated heterocycles. The Balaban J connectivity index is 0.00000137. The van der Waals surface area contributed by atoms with E-state index in [2.05, 4.69) is 45.8 Å². The summed E-state index contributed by atoms with van der Waals surface area (Å²) in [5, 5.41) is 13.3. The van der Waals surface area contributed by atoms with Crippen LogP contribution in [0.4, 0.5) is 5.95 Å². The number of nitrogens with two attached hydrogens (primary N) is 2. The van der Waals surface area contributed by atoms with Crippen LogP contribution in [-0.4, -0.2) is 33.0 Å². The molecule has 3 aromatic rings. The van der Waals surface area contributed by atoms with Crippen molar-refractivity contribution in [2.24, 2.45) is 15.9 Å². The zero-order valence-corrected chi connectivity index (χ0v) is 20.1. The lowest BCUT2D eigenvalue weighted by atomic mass is 9.91. The Hall–Kier alpha value is -4.45. The van der Waals surface area contributed by atoms with Gasteiger partial charge in [0.25, 0.3) is 0 Å². The van der Waals surface area contributed by atoms with Crippen LogP contribution < -0.4 is 11.6 Å². The number of nitrogens with zero attached hydrogens (tertiary/aromatic N) is 6. The van der Waals surface area contributed by atoms with Crippen LogP contribution >= 0.6 is 11.6 Å². The van der Waals surface area contributed by atoms with Gasteiger partial charge < -0.3 is 11.6 Å². The second-order valence-corrected chi connectivity index (χ2v) is 8.49. The van der Waals surface area contributed by atoms with Crippen molar-refractivity contribution in [1.29, 1.82) is 5.26 Å². The summed E-state index contributed by atoms with van der Waals surface area (Å²) in [6, 6.07) is 14.7. The number of hydrazone groups is 1. The number of aromatic nitrogens is 3. The van der Waals surface area contributed by atoms with Gasteiger partial charge in [-0.3, -0.25) is 9.98 Å². The molecule has 0 unspecified atom stereocenters. The smallest absolute Gasteiger partial charge is 0.368 e. The van der Waals surface area contributed by atoms with Gasteiger partial charge in [-0.2, -0.15) is 20.0 Å². The van der Waals surface area contributed by atoms with Crippen LogP contribution in [0.25, 0.3) is 11.3 Å². The Morgan fingerprint density at radius 1 is 1.14 bits per heavy atom. The van der Waals surface area contributed by atoms with Gasteiger partial charge in [0, 0.05) is 16.7 Å². The van der Waals surface area contributed by atoms with Crippen LogP contribution in [-0.2, 0) is 21.5 Å². The molecule has 0 aliphatic heterocycles. The summed E-state index contributed by atoms with van der Waals surface area (Å²) in [6.07, 6.45) is 1.77. The number of anilines is 1. The van der Waals surface area contributed by atoms with Gasteiger partial charge in [0.1, 0.15) is 11.8 Å². The standard InChI is InChI=1S/C23H23ClN8.CO2/c1-23(2,3)20-9-5-7-15(29-20)12-28-13-19(32-27)18-10-17(30-22(26)31-18)16-8-4-6-14(11-25)21(16)24;2-1-3/h4-10,13H,12,27H2,1-3H3,(H2,26,30,31);. The highest BCUT2D eigenvalue weighted by atomic mass is 35.5. The van der Waals surface area contributed by atoms with Gasteiger partial charge in [0.05, 0.1) is 40.4 Å². The van der Waals surface area contributed by atoms with Crippen molar-refractivity contribution < 1.29 is 9.59 Å². The molecule has 3 rings (SSSR count). The number of hydrogen-bond acceptors (Lipinski definition) is 10. The molecule has 0 saturated carbocycles. The molecule has 11 heteroatoms. The molecule has 2 aromatic heterocycles. The molecule has 4 N–H and O–H groups in total. The summed E-state index contributed by atoms with van der Waals surface area (Å²) in [7, 11) is 0. The van der Waals surface area contributed by atoms with Gasteiger partial charge in [-0.25, -0.2) is 9.97 Å². The Morgan fingerprint density at radius 2 is 1.83 bits per heavy atom. The number of nitriles is 1. The number of benzene rings is 1. The molecule has 35 heavy (non-hydrogen) atoms. The molecule has 0 aliphatic rings. The highest BCUT2D eigenvalue weighted by molar-refractivity contribution is 6.38. The highest BCUT2D eigenvalue weighted by Crippen LogP contribution is 2.30. The minimum Gasteiger partial charge on any atom is -0.368 e. The number of carbonyl (C=O) groups excluding carboxylic acids is 2. The molecule has 0 amide bonds. The van der Waals surface area contributed by atoms with Gasteiger partial charge in [0.15, 0.2) is 0 Å². The monoisotopic (exact) mass is 490 g/mol. The van der Waals surface area contributed by atoms with Gasteiger partial charge in [-0.1, -0.05) is 50.6 Å². The maximum Gasteiger partial charge on any atom is 0.373 e. The normalized spacial score (nSPS) is 11.3. The lowest BCUT2D eigenvalue weighted by molar-refractivity contribution is -0.191. The number of nitrogen functional groups attached to an aromatic ring is 1. The van der Waals surface area contributed by atoms with Crippen LogP contribution in [0.3, 0.4) is 0 Å². The third-order valence-corrected chi connectivity index (χ3v) is 4.99. The van der Waals surface area contributed by atoms with E-state index < -0.39 is 0 Å². The van der Waals surface area contributed by atoms with Crippen molar-refractivity contribution in [2.45, 2.75) is 32.7 Å². The van der Waals surface area contributed by atoms with Crippen molar-refractivity contribution >= 4 is 35.6 Å². The molecular formula is C24H23ClN8O2. The molecule has 178 valence electrons. The summed E-state index contributed by atoms with van der Waals surface area (Å²) in [5.74, 6) is 5.61. The van der Waals surface area contributed by atoms with E-state index in [0.717, 1.165) is 11.4 Å². The quantitative estimate of drug-likeness (QED) is 0.311. The Bertz CT molecular complexity index is 1330. The first-order valence-electron chi connectivity index (χ1n) is 10.2. The second kappa shape index (κ2) is 12.1. The van der Waals surface area contributed by atoms with Gasteiger partial charge in [-0.05, 0) is 24.3 Å². The fraction of sp³-hybridized carbons (Fsp3) is 0.208. The van der Waals surface area contributed by atoms with E-state index in [4.69, 9.17) is 32.8 Å². The van der Waals surface area contributed by atoms with E-state index in [1.54, 1.807) is 24.3 Å². The van der Waals surface area contributed by atoms with Crippen molar-refractivity contribution in [2.75, 3.05) is 5.73 Å². The second-order valence-electron chi connectivity index (χ2n) is 8.11. The largest absolute Gasteiger partial charge is 0.373 e. The fourth-order valence-electron chi connectivity index (χ4n) is 2.93. The Morgan fingerprint density at radius 3 is 2.46 bits per heavy atom. The molecule has 1 aromatic carbocycles. The van der Waals surface area contributed by atoms with Crippen LogP contribution in [0.2, 0.25) is 5.02 Å². The van der Waals surface area contributed by atoms with Crippen LogP contribution in [0.15, 0.2) is 52.6 Å². The molecular weight excluding hydrogens is 468 g/mol. The van der Waals surface area contributed by atoms with Crippen LogP contribution in [0.1, 0.15) is 43.4 Å². The average Bonchev–Trinajstić information content (AvgIpc) is 2.82. The third kappa shape index (κ3) is 7.27. The molecule has 0 spiro atoms. The first kappa shape index (κ1) is 26.8. The first-order chi connectivity index (χ1) is 16.6. The van der Waals surface area contributed by atoms with E-state index in [1.165, 1.54) is 6.21 Å². The summed E-state index contributed by atoms with van der Waals surface area (Å²) in [6.45, 7) is 6.68. The van der Waals surface area contributed by atoms with Gasteiger partial charge >= 0.3 is 6.15 Å². The Labute approximate surface area is 207 Å². The van der Waals surface area contributed by atoms with E-state index >= 15 is 0 Å². The van der Waals surface area contributed by atoms with Crippen molar-refractivity contribution in [3.8, 4) is 17.3 Å². The van der Waals surface area contributed by atoms with Gasteiger partial charge in [0.2, 0.25) is 5.95 Å². The number of halogens is 1. The van der Waals surface area contributed by atoms with Crippen LogP contribution in [0, 0.1) is 11.3 Å². The summed E-state index contributed by atoms with van der Waals surface area (Å²) >= 11 is 6.35. The minimum atomic E-state index is -0.0530. The van der Waals surface area contributed by atoms with E-state index in [-0.39, 0.29) is 22.5 Å². The molecule has 2 heterocycles. The van der Waals surface area contributed by atoms with E-state index in [1.807, 2.05) is 24.3 Å². The Kier molecular flexibility index (Phi) is 9.29. The summed E-state index contributed by atoms with van der Waals surface area (Å²) in [5.41, 5.74) is 9.71. The van der Waals surface area contributed by atoms with E-state index in [9.17, 15) is 5.26 Å². The minimum absolute atomic E-state index is 0.0185. The summed E-state index contributed by atoms with van der Waals surface area (Å²) < 4.78 is 0. The predicted molar refractivity (Wildman–Crippen MR) is 132 cm³/mol. The average molecular weight is 491 g/mol. The van der Waals surface area contributed by atoms with Crippen LogP contribution in [0.5, 0.6) is 0 Å². The number of hydrogen-bond donors (Lipinski definition) is 2. The maximum atomic E-state index is 9.23. The van der Waals surface area contributed by atoms with E-state index in [0.29, 0.717) is 34.8 Å². The fourth-order valence-corrected chi connectivity index (χ4v) is 3.19. The first-order valence-corrected chi connectivity index (χ1v) is 10.6. The third-order valence-electron chi connectivity index (χ3n) is 4.58. The summed E-state index contributed by atoms with van der Waals surface area (Å²) in [4.78, 5) is 33.8. The molecule has 0 aliphatic carbocycles. The molecule has 0 atom stereocenters. The van der Waals surface area contributed by atoms with Crippen molar-refractivity contribution in [1.82, 2.24) is 15.0 Å². The zero-order valence-electron chi connectivity index (χ0n) is 19.4. The molecule has 0 radical (unpaired) electrons. The number of pyridine rings is 1. The number of aliphatic imine (C=N–C) groups is 1.